The van der Waals surface area contributed by atoms with Crippen molar-refractivity contribution in [2.24, 2.45) is 0 Å². The lowest BCUT2D eigenvalue weighted by Gasteiger charge is -2.21. The summed E-state index contributed by atoms with van der Waals surface area (Å²) in [6.07, 6.45) is 0. The van der Waals surface area contributed by atoms with Gasteiger partial charge in [-0.1, -0.05) is 48.0 Å². The van der Waals surface area contributed by atoms with Crippen LogP contribution in [-0.2, 0) is 23.1 Å². The summed E-state index contributed by atoms with van der Waals surface area (Å²) in [6.45, 7) is 4.78. The van der Waals surface area contributed by atoms with Gasteiger partial charge in [0.2, 0.25) is 10.0 Å². The quantitative estimate of drug-likeness (QED) is 0.641. The third kappa shape index (κ3) is 4.69. The number of nitrogens with zero attached hydrogens (tertiary/aromatic N) is 1. The van der Waals surface area contributed by atoms with Crippen LogP contribution < -0.4 is 10.1 Å². The number of amides is 1. The van der Waals surface area contributed by atoms with E-state index >= 15 is 0 Å². The Balaban J connectivity index is 1.56. The number of hydrogen-bond donors (Lipinski definition) is 1. The van der Waals surface area contributed by atoms with Gasteiger partial charge in [0.05, 0.1) is 4.90 Å². The maximum Gasteiger partial charge on any atom is 0.251 e. The predicted octanol–water partition coefficient (Wildman–Crippen LogP) is 3.82. The van der Waals surface area contributed by atoms with E-state index in [0.717, 1.165) is 11.1 Å². The second-order valence-electron chi connectivity index (χ2n) is 7.95. The van der Waals surface area contributed by atoms with E-state index < -0.39 is 10.0 Å². The molecule has 0 spiro atoms. The van der Waals surface area contributed by atoms with Crippen LogP contribution in [0, 0.1) is 13.8 Å². The van der Waals surface area contributed by atoms with Crippen LogP contribution in [-0.4, -0.2) is 31.8 Å². The third-order valence-corrected chi connectivity index (χ3v) is 7.52. The maximum absolute atomic E-state index is 13.4. The summed E-state index contributed by atoms with van der Waals surface area (Å²) >= 11 is 0. The monoisotopic (exact) mass is 450 g/mol. The summed E-state index contributed by atoms with van der Waals surface area (Å²) in [4.78, 5) is 13.0. The second kappa shape index (κ2) is 9.14. The molecule has 0 atom stereocenters. The number of carbonyl (C=O) groups is 1. The van der Waals surface area contributed by atoms with Crippen molar-refractivity contribution in [3.8, 4) is 5.75 Å². The molecule has 0 saturated heterocycles. The summed E-state index contributed by atoms with van der Waals surface area (Å²) in [5.74, 6) is 0.382. The molecule has 1 aliphatic heterocycles. The summed E-state index contributed by atoms with van der Waals surface area (Å²) in [5, 5.41) is 2.91. The van der Waals surface area contributed by atoms with Crippen molar-refractivity contribution in [3.05, 3.63) is 94.5 Å². The van der Waals surface area contributed by atoms with Crippen molar-refractivity contribution in [1.29, 1.82) is 0 Å². The number of rotatable bonds is 5. The lowest BCUT2D eigenvalue weighted by atomic mass is 10.1. The van der Waals surface area contributed by atoms with Crippen molar-refractivity contribution in [3.63, 3.8) is 0 Å². The Bertz CT molecular complexity index is 1240. The van der Waals surface area contributed by atoms with Crippen LogP contribution in [0.15, 0.2) is 71.6 Å². The molecule has 4 rings (SSSR count). The van der Waals surface area contributed by atoms with Crippen LogP contribution in [0.25, 0.3) is 0 Å². The number of hydrogen-bond acceptors (Lipinski definition) is 4. The van der Waals surface area contributed by atoms with E-state index in [4.69, 9.17) is 4.74 Å². The van der Waals surface area contributed by atoms with Crippen LogP contribution in [0.2, 0.25) is 0 Å². The molecule has 6 nitrogen and oxygen atoms in total. The van der Waals surface area contributed by atoms with E-state index in [1.807, 2.05) is 43.3 Å². The highest BCUT2D eigenvalue weighted by molar-refractivity contribution is 7.89. The molecule has 1 N–H and O–H groups in total. The van der Waals surface area contributed by atoms with Gasteiger partial charge < -0.3 is 10.1 Å². The van der Waals surface area contributed by atoms with Gasteiger partial charge in [-0.2, -0.15) is 4.31 Å². The number of sulfonamides is 1. The third-order valence-electron chi connectivity index (χ3n) is 5.51. The van der Waals surface area contributed by atoms with Crippen molar-refractivity contribution in [2.45, 2.75) is 31.8 Å². The maximum atomic E-state index is 13.4. The summed E-state index contributed by atoms with van der Waals surface area (Å²) in [6, 6.07) is 20.1. The number of fused-ring (bicyclic) bond motifs is 1. The minimum atomic E-state index is -3.70. The smallest absolute Gasteiger partial charge is 0.251 e. The minimum Gasteiger partial charge on any atom is -0.492 e. The van der Waals surface area contributed by atoms with Gasteiger partial charge in [0, 0.05) is 30.8 Å². The van der Waals surface area contributed by atoms with Gasteiger partial charge in [-0.3, -0.25) is 4.79 Å². The van der Waals surface area contributed by atoms with Gasteiger partial charge >= 0.3 is 0 Å². The number of carbonyl (C=O) groups excluding carboxylic acids is 1. The fourth-order valence-electron chi connectivity index (χ4n) is 3.82. The number of aryl methyl sites for hydroxylation is 2. The van der Waals surface area contributed by atoms with Crippen LogP contribution in [0.5, 0.6) is 5.75 Å². The standard InChI is InChI=1S/C25H26N2O4S/c1-18-8-11-24(19(2)14-18)32(29,30)27-12-13-31-23-10-9-21(15-22(23)17-27)25(28)26-16-20-6-4-3-5-7-20/h3-11,14-15H,12-13,16-17H2,1-2H3,(H,26,28). The highest BCUT2D eigenvalue weighted by Crippen LogP contribution is 2.29. The molecule has 1 heterocycles. The zero-order valence-corrected chi connectivity index (χ0v) is 19.0. The largest absolute Gasteiger partial charge is 0.492 e. The van der Waals surface area contributed by atoms with Gasteiger partial charge in [-0.05, 0) is 49.2 Å². The average molecular weight is 451 g/mol. The highest BCUT2D eigenvalue weighted by Gasteiger charge is 2.29. The normalized spacial score (nSPS) is 14.2. The Morgan fingerprint density at radius 3 is 2.56 bits per heavy atom. The molecule has 1 aliphatic rings. The Labute approximate surface area is 188 Å². The van der Waals surface area contributed by atoms with Crippen LogP contribution in [0.3, 0.4) is 0 Å². The summed E-state index contributed by atoms with van der Waals surface area (Å²) in [7, 11) is -3.70. The molecule has 1 amide bonds. The molecule has 0 bridgehead atoms. The first-order valence-electron chi connectivity index (χ1n) is 10.5. The molecular weight excluding hydrogens is 424 g/mol. The Hall–Kier alpha value is -3.16. The molecule has 3 aromatic carbocycles. The fourth-order valence-corrected chi connectivity index (χ4v) is 5.43. The topological polar surface area (TPSA) is 75.7 Å². The van der Waals surface area contributed by atoms with E-state index in [1.54, 1.807) is 37.3 Å². The molecule has 0 unspecified atom stereocenters. The molecular formula is C25H26N2O4S. The van der Waals surface area contributed by atoms with Crippen molar-refractivity contribution in [1.82, 2.24) is 9.62 Å². The lowest BCUT2D eigenvalue weighted by Crippen LogP contribution is -2.33. The van der Waals surface area contributed by atoms with Crippen LogP contribution >= 0.6 is 0 Å². The fraction of sp³-hybridized carbons (Fsp3) is 0.240. The van der Waals surface area contributed by atoms with Gasteiger partial charge in [0.1, 0.15) is 12.4 Å². The SMILES string of the molecule is Cc1ccc(S(=O)(=O)N2CCOc3ccc(C(=O)NCc4ccccc4)cc3C2)c(C)c1. The molecule has 0 aliphatic carbocycles. The van der Waals surface area contributed by atoms with E-state index in [-0.39, 0.29) is 25.6 Å². The highest BCUT2D eigenvalue weighted by atomic mass is 32.2. The first-order chi connectivity index (χ1) is 15.3. The van der Waals surface area contributed by atoms with Gasteiger partial charge in [-0.15, -0.1) is 0 Å². The van der Waals surface area contributed by atoms with Crippen molar-refractivity contribution in [2.75, 3.05) is 13.2 Å². The molecule has 0 fully saturated rings. The lowest BCUT2D eigenvalue weighted by molar-refractivity contribution is 0.0950. The Kier molecular flexibility index (Phi) is 6.30. The van der Waals surface area contributed by atoms with Crippen LogP contribution in [0.4, 0.5) is 0 Å². The van der Waals surface area contributed by atoms with Crippen LogP contribution in [0.1, 0.15) is 32.6 Å². The van der Waals surface area contributed by atoms with Gasteiger partial charge in [0.15, 0.2) is 0 Å². The Morgan fingerprint density at radius 1 is 1.03 bits per heavy atom. The molecule has 0 saturated carbocycles. The molecule has 3 aromatic rings. The predicted molar refractivity (Wildman–Crippen MR) is 123 cm³/mol. The summed E-state index contributed by atoms with van der Waals surface area (Å²) in [5.41, 5.74) is 3.86. The van der Waals surface area contributed by atoms with Gasteiger partial charge in [-0.25, -0.2) is 8.42 Å². The average Bonchev–Trinajstić information content (AvgIpc) is 3.00. The molecule has 0 radical (unpaired) electrons. The van der Waals surface area contributed by atoms with Crippen molar-refractivity contribution >= 4 is 15.9 Å². The molecule has 32 heavy (non-hydrogen) atoms. The second-order valence-corrected chi connectivity index (χ2v) is 9.85. The number of nitrogens with one attached hydrogen (secondary N) is 1. The zero-order valence-electron chi connectivity index (χ0n) is 18.2. The van der Waals surface area contributed by atoms with E-state index in [0.29, 0.717) is 33.9 Å². The van der Waals surface area contributed by atoms with Crippen molar-refractivity contribution < 1.29 is 17.9 Å². The minimum absolute atomic E-state index is 0.144. The number of benzene rings is 3. The molecule has 0 aromatic heterocycles. The molecule has 166 valence electrons. The first-order valence-corrected chi connectivity index (χ1v) is 11.9. The Morgan fingerprint density at radius 2 is 1.81 bits per heavy atom. The van der Waals surface area contributed by atoms with E-state index in [1.165, 1.54) is 4.31 Å². The van der Waals surface area contributed by atoms with E-state index in [9.17, 15) is 13.2 Å². The summed E-state index contributed by atoms with van der Waals surface area (Å²) < 4.78 is 33.9. The number of ether oxygens (including phenoxy) is 1. The zero-order chi connectivity index (χ0) is 22.7. The molecule has 7 heteroatoms. The van der Waals surface area contributed by atoms with E-state index in [2.05, 4.69) is 5.32 Å². The van der Waals surface area contributed by atoms with Gasteiger partial charge in [0.25, 0.3) is 5.91 Å². The first kappa shape index (κ1) is 22.0.